The Balaban J connectivity index is 2.46. The summed E-state index contributed by atoms with van der Waals surface area (Å²) in [4.78, 5) is 8.04. The summed E-state index contributed by atoms with van der Waals surface area (Å²) in [7, 11) is 0. The van der Waals surface area contributed by atoms with Gasteiger partial charge in [-0.2, -0.15) is 0 Å². The Hall–Kier alpha value is -1.35. The first-order chi connectivity index (χ1) is 8.82. The van der Waals surface area contributed by atoms with Crippen LogP contribution in [0.3, 0.4) is 0 Å². The van der Waals surface area contributed by atoms with Crippen molar-refractivity contribution >= 4 is 11.0 Å². The van der Waals surface area contributed by atoms with Gasteiger partial charge in [-0.1, -0.05) is 40.7 Å². The van der Waals surface area contributed by atoms with Gasteiger partial charge in [0.05, 0.1) is 17.6 Å². The molecule has 104 valence electrons. The monoisotopic (exact) mass is 260 g/mol. The van der Waals surface area contributed by atoms with Gasteiger partial charge in [0, 0.05) is 11.3 Å². The van der Waals surface area contributed by atoms with Crippen molar-refractivity contribution < 1.29 is 5.11 Å². The molecule has 1 unspecified atom stereocenters. The summed E-state index contributed by atoms with van der Waals surface area (Å²) in [5.74, 6) is 1.61. The molecular weight excluding hydrogens is 236 g/mol. The topological polar surface area (TPSA) is 48.9 Å². The number of aliphatic hydroxyl groups is 1. The SMILES string of the molecule is CC(C)C(CO)c1ccc2nc(C(C)(C)C)[nH]c2c1. The van der Waals surface area contributed by atoms with Crippen LogP contribution in [-0.4, -0.2) is 21.7 Å². The molecule has 19 heavy (non-hydrogen) atoms. The average Bonchev–Trinajstić information content (AvgIpc) is 2.72. The second kappa shape index (κ2) is 4.97. The molecule has 0 aliphatic carbocycles. The Morgan fingerprint density at radius 1 is 1.26 bits per heavy atom. The molecule has 1 aromatic heterocycles. The maximum Gasteiger partial charge on any atom is 0.112 e. The van der Waals surface area contributed by atoms with Gasteiger partial charge in [-0.15, -0.1) is 0 Å². The van der Waals surface area contributed by atoms with Gasteiger partial charge < -0.3 is 10.1 Å². The minimum atomic E-state index is 0.0214. The van der Waals surface area contributed by atoms with Gasteiger partial charge in [0.1, 0.15) is 5.82 Å². The first kappa shape index (κ1) is 14.1. The summed E-state index contributed by atoms with van der Waals surface area (Å²) in [6.07, 6.45) is 0. The summed E-state index contributed by atoms with van der Waals surface area (Å²) < 4.78 is 0. The second-order valence-electron chi connectivity index (χ2n) is 6.65. The van der Waals surface area contributed by atoms with Gasteiger partial charge in [0.2, 0.25) is 0 Å². The fraction of sp³-hybridized carbons (Fsp3) is 0.562. The van der Waals surface area contributed by atoms with Crippen LogP contribution in [0.1, 0.15) is 51.9 Å². The van der Waals surface area contributed by atoms with Crippen molar-refractivity contribution in [1.29, 1.82) is 0 Å². The van der Waals surface area contributed by atoms with Crippen LogP contribution in [0.25, 0.3) is 11.0 Å². The average molecular weight is 260 g/mol. The summed E-state index contributed by atoms with van der Waals surface area (Å²) in [5.41, 5.74) is 3.25. The lowest BCUT2D eigenvalue weighted by Gasteiger charge is -2.18. The van der Waals surface area contributed by atoms with E-state index in [0.717, 1.165) is 16.9 Å². The van der Waals surface area contributed by atoms with Crippen molar-refractivity contribution in [2.45, 2.75) is 46.0 Å². The van der Waals surface area contributed by atoms with Crippen molar-refractivity contribution in [3.8, 4) is 0 Å². The maximum atomic E-state index is 9.53. The standard InChI is InChI=1S/C16H24N2O/c1-10(2)12(9-19)11-6-7-13-14(8-11)18-15(17-13)16(3,4)5/h6-8,10,12,19H,9H2,1-5H3,(H,17,18). The number of benzene rings is 1. The molecule has 0 radical (unpaired) electrons. The van der Waals surface area contributed by atoms with E-state index in [1.54, 1.807) is 0 Å². The molecule has 2 N–H and O–H groups in total. The van der Waals surface area contributed by atoms with E-state index in [9.17, 15) is 5.11 Å². The second-order valence-corrected chi connectivity index (χ2v) is 6.65. The highest BCUT2D eigenvalue weighted by Gasteiger charge is 2.20. The third-order valence-electron chi connectivity index (χ3n) is 3.65. The minimum absolute atomic E-state index is 0.0214. The number of nitrogens with one attached hydrogen (secondary N) is 1. The molecule has 0 aliphatic rings. The normalized spacial score (nSPS) is 14.3. The van der Waals surface area contributed by atoms with Crippen molar-refractivity contribution in [1.82, 2.24) is 9.97 Å². The van der Waals surface area contributed by atoms with E-state index in [4.69, 9.17) is 0 Å². The molecule has 0 aliphatic heterocycles. The fourth-order valence-electron chi connectivity index (χ4n) is 2.31. The van der Waals surface area contributed by atoms with Gasteiger partial charge >= 0.3 is 0 Å². The molecule has 0 spiro atoms. The highest BCUT2D eigenvalue weighted by molar-refractivity contribution is 5.76. The smallest absolute Gasteiger partial charge is 0.112 e. The number of imidazole rings is 1. The number of aromatic nitrogens is 2. The van der Waals surface area contributed by atoms with Crippen LogP contribution in [-0.2, 0) is 5.41 Å². The highest BCUT2D eigenvalue weighted by atomic mass is 16.3. The predicted octanol–water partition coefficient (Wildman–Crippen LogP) is 3.59. The molecule has 0 amide bonds. The van der Waals surface area contributed by atoms with Crippen molar-refractivity contribution in [2.75, 3.05) is 6.61 Å². The van der Waals surface area contributed by atoms with E-state index in [0.29, 0.717) is 5.92 Å². The van der Waals surface area contributed by atoms with Gasteiger partial charge in [-0.3, -0.25) is 0 Å². The third kappa shape index (κ3) is 2.81. The Labute approximate surface area is 115 Å². The van der Waals surface area contributed by atoms with E-state index in [1.807, 2.05) is 6.07 Å². The lowest BCUT2D eigenvalue weighted by Crippen LogP contribution is -2.13. The summed E-state index contributed by atoms with van der Waals surface area (Å²) in [5, 5.41) is 9.53. The molecule has 0 saturated heterocycles. The molecule has 1 atom stereocenters. The van der Waals surface area contributed by atoms with E-state index in [-0.39, 0.29) is 17.9 Å². The molecule has 2 aromatic rings. The van der Waals surface area contributed by atoms with Crippen molar-refractivity contribution in [3.05, 3.63) is 29.6 Å². The first-order valence-corrected chi connectivity index (χ1v) is 6.94. The first-order valence-electron chi connectivity index (χ1n) is 6.94. The molecule has 3 heteroatoms. The number of nitrogens with zero attached hydrogens (tertiary/aromatic N) is 1. The van der Waals surface area contributed by atoms with E-state index in [1.165, 1.54) is 5.56 Å². The lowest BCUT2D eigenvalue weighted by atomic mass is 9.89. The van der Waals surface area contributed by atoms with E-state index >= 15 is 0 Å². The minimum Gasteiger partial charge on any atom is -0.396 e. The van der Waals surface area contributed by atoms with E-state index in [2.05, 4.69) is 56.7 Å². The Bertz CT molecular complexity index is 564. The summed E-state index contributed by atoms with van der Waals surface area (Å²) >= 11 is 0. The van der Waals surface area contributed by atoms with Crippen molar-refractivity contribution in [2.24, 2.45) is 5.92 Å². The largest absolute Gasteiger partial charge is 0.396 e. The zero-order valence-electron chi connectivity index (χ0n) is 12.5. The molecule has 0 saturated carbocycles. The van der Waals surface area contributed by atoms with Gasteiger partial charge in [-0.25, -0.2) is 4.98 Å². The third-order valence-corrected chi connectivity index (χ3v) is 3.65. The molecule has 2 rings (SSSR count). The number of aromatic amines is 1. The zero-order chi connectivity index (χ0) is 14.2. The van der Waals surface area contributed by atoms with Crippen LogP contribution in [0.5, 0.6) is 0 Å². The maximum absolute atomic E-state index is 9.53. The fourth-order valence-corrected chi connectivity index (χ4v) is 2.31. The van der Waals surface area contributed by atoms with Crippen molar-refractivity contribution in [3.63, 3.8) is 0 Å². The molecular formula is C16H24N2O. The number of H-pyrrole nitrogens is 1. The number of aliphatic hydroxyl groups excluding tert-OH is 1. The van der Waals surface area contributed by atoms with Gasteiger partial charge in [0.25, 0.3) is 0 Å². The number of fused-ring (bicyclic) bond motifs is 1. The Morgan fingerprint density at radius 2 is 1.95 bits per heavy atom. The molecule has 3 nitrogen and oxygen atoms in total. The van der Waals surface area contributed by atoms with Crippen LogP contribution < -0.4 is 0 Å². The molecule has 1 aromatic carbocycles. The zero-order valence-corrected chi connectivity index (χ0v) is 12.5. The van der Waals surface area contributed by atoms with E-state index < -0.39 is 0 Å². The number of hydrogen-bond acceptors (Lipinski definition) is 2. The Kier molecular flexibility index (Phi) is 3.68. The van der Waals surface area contributed by atoms with Crippen LogP contribution >= 0.6 is 0 Å². The molecule has 0 bridgehead atoms. The summed E-state index contributed by atoms with van der Waals surface area (Å²) in [6, 6.07) is 6.25. The summed E-state index contributed by atoms with van der Waals surface area (Å²) in [6.45, 7) is 10.9. The number of rotatable bonds is 3. The van der Waals surface area contributed by atoms with Gasteiger partial charge in [0.15, 0.2) is 0 Å². The highest BCUT2D eigenvalue weighted by Crippen LogP contribution is 2.28. The molecule has 1 heterocycles. The lowest BCUT2D eigenvalue weighted by molar-refractivity contribution is 0.237. The number of hydrogen-bond donors (Lipinski definition) is 2. The quantitative estimate of drug-likeness (QED) is 0.886. The van der Waals surface area contributed by atoms with Crippen LogP contribution in [0.4, 0.5) is 0 Å². The van der Waals surface area contributed by atoms with Crippen LogP contribution in [0, 0.1) is 5.92 Å². The van der Waals surface area contributed by atoms with Crippen LogP contribution in [0.2, 0.25) is 0 Å². The molecule has 0 fully saturated rings. The Morgan fingerprint density at radius 3 is 2.47 bits per heavy atom. The van der Waals surface area contributed by atoms with Gasteiger partial charge in [-0.05, 0) is 23.6 Å². The predicted molar refractivity (Wildman–Crippen MR) is 79.5 cm³/mol. The van der Waals surface area contributed by atoms with Crippen LogP contribution in [0.15, 0.2) is 18.2 Å².